The van der Waals surface area contributed by atoms with Gasteiger partial charge in [0.05, 0.1) is 14.2 Å². The van der Waals surface area contributed by atoms with Gasteiger partial charge in [-0.05, 0) is 54.3 Å². The molecular formula is C20H26FN3O2. The van der Waals surface area contributed by atoms with Gasteiger partial charge in [0, 0.05) is 20.1 Å². The van der Waals surface area contributed by atoms with Gasteiger partial charge in [-0.25, -0.2) is 4.39 Å². The van der Waals surface area contributed by atoms with E-state index in [0.717, 1.165) is 29.0 Å². The zero-order valence-electron chi connectivity index (χ0n) is 15.7. The Bertz CT molecular complexity index is 763. The third-order valence-electron chi connectivity index (χ3n) is 4.08. The van der Waals surface area contributed by atoms with E-state index in [1.165, 1.54) is 6.07 Å². The van der Waals surface area contributed by atoms with Crippen LogP contribution in [-0.4, -0.2) is 33.8 Å². The third-order valence-corrected chi connectivity index (χ3v) is 4.08. The van der Waals surface area contributed by atoms with Crippen molar-refractivity contribution in [3.63, 3.8) is 0 Å². The number of hydrogen-bond donors (Lipinski definition) is 2. The summed E-state index contributed by atoms with van der Waals surface area (Å²) in [7, 11) is 5.02. The van der Waals surface area contributed by atoms with E-state index in [9.17, 15) is 4.39 Å². The van der Waals surface area contributed by atoms with Gasteiger partial charge in [0.25, 0.3) is 0 Å². The van der Waals surface area contributed by atoms with Gasteiger partial charge in [-0.1, -0.05) is 12.1 Å². The molecule has 26 heavy (non-hydrogen) atoms. The Hall–Kier alpha value is -2.76. The van der Waals surface area contributed by atoms with Crippen molar-refractivity contribution in [1.82, 2.24) is 10.6 Å². The molecule has 0 amide bonds. The minimum absolute atomic E-state index is 0.191. The monoisotopic (exact) mass is 359 g/mol. The van der Waals surface area contributed by atoms with Crippen LogP contribution in [0.15, 0.2) is 41.4 Å². The Morgan fingerprint density at radius 2 is 1.88 bits per heavy atom. The van der Waals surface area contributed by atoms with Gasteiger partial charge in [-0.2, -0.15) is 0 Å². The number of aliphatic imine (C=N–C) groups is 1. The van der Waals surface area contributed by atoms with Gasteiger partial charge in [0.2, 0.25) is 0 Å². The average Bonchev–Trinajstić information content (AvgIpc) is 2.66. The maximum absolute atomic E-state index is 13.3. The molecule has 0 aliphatic heterocycles. The molecule has 0 saturated carbocycles. The van der Waals surface area contributed by atoms with Crippen LogP contribution < -0.4 is 20.1 Å². The van der Waals surface area contributed by atoms with Crippen molar-refractivity contribution in [3.05, 3.63) is 58.9 Å². The molecule has 0 aromatic heterocycles. The molecule has 0 unspecified atom stereocenters. The summed E-state index contributed by atoms with van der Waals surface area (Å²) in [4.78, 5) is 4.22. The summed E-state index contributed by atoms with van der Waals surface area (Å²) in [5.74, 6) is 2.13. The smallest absolute Gasteiger partial charge is 0.191 e. The molecule has 2 aromatic carbocycles. The number of guanidine groups is 1. The fraction of sp³-hybridized carbons (Fsp3) is 0.350. The van der Waals surface area contributed by atoms with Crippen molar-refractivity contribution in [2.45, 2.75) is 19.9 Å². The molecular weight excluding hydrogens is 333 g/mol. The van der Waals surface area contributed by atoms with Crippen molar-refractivity contribution in [2.75, 3.05) is 27.8 Å². The summed E-state index contributed by atoms with van der Waals surface area (Å²) in [6.07, 6.45) is 0.761. The maximum atomic E-state index is 13.3. The standard InChI is InChI=1S/C20H26FN3O2/c1-14-11-15(5-7-18(14)21)13-24-20(22-2)23-10-9-16-12-17(25-3)6-8-19(16)26-4/h5-8,11-12H,9-10,13H2,1-4H3,(H2,22,23,24). The Kier molecular flexibility index (Phi) is 7.26. The van der Waals surface area contributed by atoms with Gasteiger partial charge in [0.1, 0.15) is 17.3 Å². The summed E-state index contributed by atoms with van der Waals surface area (Å²) in [6, 6.07) is 10.8. The first kappa shape index (κ1) is 19.6. The zero-order chi connectivity index (χ0) is 18.9. The van der Waals surface area contributed by atoms with Crippen LogP contribution in [0.5, 0.6) is 11.5 Å². The van der Waals surface area contributed by atoms with Crippen molar-refractivity contribution >= 4 is 5.96 Å². The van der Waals surface area contributed by atoms with Crippen LogP contribution in [0.25, 0.3) is 0 Å². The van der Waals surface area contributed by atoms with E-state index in [-0.39, 0.29) is 5.82 Å². The molecule has 6 heteroatoms. The largest absolute Gasteiger partial charge is 0.497 e. The molecule has 0 saturated heterocycles. The lowest BCUT2D eigenvalue weighted by Crippen LogP contribution is -2.37. The Morgan fingerprint density at radius 3 is 2.54 bits per heavy atom. The summed E-state index contributed by atoms with van der Waals surface area (Å²) < 4.78 is 24.0. The number of methoxy groups -OCH3 is 2. The molecule has 0 radical (unpaired) electrons. The van der Waals surface area contributed by atoms with Crippen LogP contribution in [0.4, 0.5) is 4.39 Å². The molecule has 140 valence electrons. The molecule has 2 rings (SSSR count). The quantitative estimate of drug-likeness (QED) is 0.589. The minimum Gasteiger partial charge on any atom is -0.497 e. The van der Waals surface area contributed by atoms with Crippen LogP contribution >= 0.6 is 0 Å². The molecule has 0 bridgehead atoms. The van der Waals surface area contributed by atoms with Crippen molar-refractivity contribution < 1.29 is 13.9 Å². The summed E-state index contributed by atoms with van der Waals surface area (Å²) >= 11 is 0. The lowest BCUT2D eigenvalue weighted by molar-refractivity contribution is 0.398. The molecule has 5 nitrogen and oxygen atoms in total. The van der Waals surface area contributed by atoms with E-state index in [2.05, 4.69) is 15.6 Å². The Balaban J connectivity index is 1.88. The van der Waals surface area contributed by atoms with E-state index in [4.69, 9.17) is 9.47 Å². The maximum Gasteiger partial charge on any atom is 0.191 e. The van der Waals surface area contributed by atoms with E-state index in [1.54, 1.807) is 34.3 Å². The van der Waals surface area contributed by atoms with Crippen LogP contribution in [0.3, 0.4) is 0 Å². The van der Waals surface area contributed by atoms with Gasteiger partial charge < -0.3 is 20.1 Å². The number of benzene rings is 2. The first-order valence-corrected chi connectivity index (χ1v) is 8.47. The molecule has 2 aromatic rings. The van der Waals surface area contributed by atoms with Crippen molar-refractivity contribution in [1.29, 1.82) is 0 Å². The third kappa shape index (κ3) is 5.37. The highest BCUT2D eigenvalue weighted by molar-refractivity contribution is 5.79. The topological polar surface area (TPSA) is 54.9 Å². The molecule has 2 N–H and O–H groups in total. The molecule has 0 fully saturated rings. The SMILES string of the molecule is CN=C(NCCc1cc(OC)ccc1OC)NCc1ccc(F)c(C)c1. The Morgan fingerprint density at radius 1 is 1.08 bits per heavy atom. The number of halogens is 1. The number of ether oxygens (including phenoxy) is 2. The highest BCUT2D eigenvalue weighted by Gasteiger charge is 2.06. The van der Waals surface area contributed by atoms with Crippen LogP contribution in [0.1, 0.15) is 16.7 Å². The van der Waals surface area contributed by atoms with Crippen LogP contribution in [0.2, 0.25) is 0 Å². The first-order valence-electron chi connectivity index (χ1n) is 8.47. The average molecular weight is 359 g/mol. The van der Waals surface area contributed by atoms with Crippen LogP contribution in [-0.2, 0) is 13.0 Å². The van der Waals surface area contributed by atoms with Crippen molar-refractivity contribution in [3.8, 4) is 11.5 Å². The van der Waals surface area contributed by atoms with E-state index >= 15 is 0 Å². The zero-order valence-corrected chi connectivity index (χ0v) is 15.7. The number of hydrogen-bond acceptors (Lipinski definition) is 3. The second-order valence-corrected chi connectivity index (χ2v) is 5.86. The lowest BCUT2D eigenvalue weighted by atomic mass is 10.1. The van der Waals surface area contributed by atoms with Gasteiger partial charge in [-0.3, -0.25) is 4.99 Å². The normalized spacial score (nSPS) is 11.2. The second-order valence-electron chi connectivity index (χ2n) is 5.86. The number of nitrogens with zero attached hydrogens (tertiary/aromatic N) is 1. The lowest BCUT2D eigenvalue weighted by Gasteiger charge is -2.14. The molecule has 0 atom stereocenters. The predicted molar refractivity (Wildman–Crippen MR) is 103 cm³/mol. The molecule has 0 spiro atoms. The Labute approximate surface area is 154 Å². The van der Waals surface area contributed by atoms with E-state index in [1.807, 2.05) is 24.3 Å². The predicted octanol–water partition coefficient (Wildman–Crippen LogP) is 3.06. The summed E-state index contributed by atoms with van der Waals surface area (Å²) in [6.45, 7) is 3.02. The van der Waals surface area contributed by atoms with E-state index in [0.29, 0.717) is 24.6 Å². The van der Waals surface area contributed by atoms with Gasteiger partial charge in [-0.15, -0.1) is 0 Å². The van der Waals surface area contributed by atoms with Crippen molar-refractivity contribution in [2.24, 2.45) is 4.99 Å². The number of nitrogens with one attached hydrogen (secondary N) is 2. The van der Waals surface area contributed by atoms with Gasteiger partial charge in [0.15, 0.2) is 5.96 Å². The summed E-state index contributed by atoms with van der Waals surface area (Å²) in [5.41, 5.74) is 2.70. The fourth-order valence-corrected chi connectivity index (χ4v) is 2.62. The number of aryl methyl sites for hydroxylation is 1. The van der Waals surface area contributed by atoms with Gasteiger partial charge >= 0.3 is 0 Å². The first-order chi connectivity index (χ1) is 12.6. The van der Waals surface area contributed by atoms with E-state index < -0.39 is 0 Å². The molecule has 0 heterocycles. The fourth-order valence-electron chi connectivity index (χ4n) is 2.62. The minimum atomic E-state index is -0.191. The molecule has 0 aliphatic rings. The highest BCUT2D eigenvalue weighted by atomic mass is 19.1. The second kappa shape index (κ2) is 9.65. The van der Waals surface area contributed by atoms with Crippen LogP contribution in [0, 0.1) is 12.7 Å². The molecule has 0 aliphatic carbocycles. The number of rotatable bonds is 7. The highest BCUT2D eigenvalue weighted by Crippen LogP contribution is 2.24. The summed E-state index contributed by atoms with van der Waals surface area (Å²) in [5, 5.41) is 6.50.